The second-order valence-corrected chi connectivity index (χ2v) is 8.48. The van der Waals surface area contributed by atoms with Crippen molar-refractivity contribution in [1.82, 2.24) is 14.9 Å². The third-order valence-electron chi connectivity index (χ3n) is 4.37. The summed E-state index contributed by atoms with van der Waals surface area (Å²) in [5.41, 5.74) is 0.987. The van der Waals surface area contributed by atoms with Crippen LogP contribution in [0.15, 0.2) is 6.20 Å². The van der Waals surface area contributed by atoms with Crippen LogP contribution in [0, 0.1) is 12.8 Å². The lowest BCUT2D eigenvalue weighted by molar-refractivity contribution is 0.0203. The fraction of sp³-hybridized carbons (Fsp3) is 0.700. The smallest absolute Gasteiger partial charge is 0.410 e. The molecule has 144 valence electrons. The van der Waals surface area contributed by atoms with Crippen molar-refractivity contribution in [2.45, 2.75) is 72.3 Å². The average molecular weight is 361 g/mol. The van der Waals surface area contributed by atoms with Gasteiger partial charge in [0.15, 0.2) is 5.78 Å². The van der Waals surface area contributed by atoms with Gasteiger partial charge in [0.05, 0.1) is 11.3 Å². The van der Waals surface area contributed by atoms with Gasteiger partial charge in [-0.2, -0.15) is 0 Å². The molecular formula is C20H31N3O3. The van der Waals surface area contributed by atoms with Crippen molar-refractivity contribution in [2.24, 2.45) is 5.92 Å². The zero-order valence-electron chi connectivity index (χ0n) is 16.8. The maximum Gasteiger partial charge on any atom is 0.410 e. The number of hydrogen-bond acceptors (Lipinski definition) is 5. The van der Waals surface area contributed by atoms with Gasteiger partial charge in [0.25, 0.3) is 0 Å². The average Bonchev–Trinajstić information content (AvgIpc) is 2.52. The van der Waals surface area contributed by atoms with Crippen molar-refractivity contribution in [2.75, 3.05) is 13.1 Å². The van der Waals surface area contributed by atoms with Crippen molar-refractivity contribution in [1.29, 1.82) is 0 Å². The van der Waals surface area contributed by atoms with Crippen LogP contribution >= 0.6 is 0 Å². The molecule has 0 atom stereocenters. The summed E-state index contributed by atoms with van der Waals surface area (Å²) in [5, 5.41) is 0. The molecular weight excluding hydrogens is 330 g/mol. The molecule has 1 aliphatic rings. The number of amides is 1. The predicted molar refractivity (Wildman–Crippen MR) is 100 cm³/mol. The summed E-state index contributed by atoms with van der Waals surface area (Å²) < 4.78 is 5.45. The Morgan fingerprint density at radius 1 is 1.27 bits per heavy atom. The molecule has 0 radical (unpaired) electrons. The lowest BCUT2D eigenvalue weighted by Gasteiger charge is -2.33. The Balaban J connectivity index is 2.10. The number of carbonyl (C=O) groups is 2. The Morgan fingerprint density at radius 2 is 1.88 bits per heavy atom. The van der Waals surface area contributed by atoms with Gasteiger partial charge in [-0.25, -0.2) is 14.8 Å². The minimum Gasteiger partial charge on any atom is -0.444 e. The first-order valence-electron chi connectivity index (χ1n) is 9.41. The number of hydrogen-bond donors (Lipinski definition) is 0. The lowest BCUT2D eigenvalue weighted by atomic mass is 9.88. The number of piperidine rings is 1. The molecule has 6 heteroatoms. The van der Waals surface area contributed by atoms with Crippen LogP contribution in [0.3, 0.4) is 0 Å². The standard InChI is InChI=1S/C20H31N3O3/c1-13(2)11-17(24)16-12-21-14(3)22-18(16)15-7-9-23(10-8-15)19(25)26-20(4,5)6/h12-13,15H,7-11H2,1-6H3. The van der Waals surface area contributed by atoms with Crippen molar-refractivity contribution in [3.05, 3.63) is 23.3 Å². The van der Waals surface area contributed by atoms with E-state index in [4.69, 9.17) is 4.74 Å². The van der Waals surface area contributed by atoms with E-state index in [-0.39, 0.29) is 17.8 Å². The van der Waals surface area contributed by atoms with E-state index in [0.29, 0.717) is 36.8 Å². The Bertz CT molecular complexity index is 657. The Labute approximate surface area is 156 Å². The molecule has 0 spiro atoms. The SMILES string of the molecule is Cc1ncc(C(=O)CC(C)C)c(C2CCN(C(=O)OC(C)(C)C)CC2)n1. The van der Waals surface area contributed by atoms with Crippen molar-refractivity contribution in [3.63, 3.8) is 0 Å². The summed E-state index contributed by atoms with van der Waals surface area (Å²) in [5.74, 6) is 1.24. The third kappa shape index (κ3) is 5.51. The normalized spacial score (nSPS) is 16.0. The second-order valence-electron chi connectivity index (χ2n) is 8.48. The van der Waals surface area contributed by atoms with Gasteiger partial charge in [-0.3, -0.25) is 4.79 Å². The number of ether oxygens (including phenoxy) is 1. The van der Waals surface area contributed by atoms with Crippen molar-refractivity contribution in [3.8, 4) is 0 Å². The molecule has 2 heterocycles. The molecule has 1 aromatic rings. The summed E-state index contributed by atoms with van der Waals surface area (Å²) in [6.45, 7) is 12.7. The molecule has 0 N–H and O–H groups in total. The first-order chi connectivity index (χ1) is 12.1. The first-order valence-corrected chi connectivity index (χ1v) is 9.41. The van der Waals surface area contributed by atoms with E-state index in [9.17, 15) is 9.59 Å². The lowest BCUT2D eigenvalue weighted by Crippen LogP contribution is -2.41. The van der Waals surface area contributed by atoms with Gasteiger partial charge in [-0.05, 0) is 46.5 Å². The Kier molecular flexibility index (Phi) is 6.37. The monoisotopic (exact) mass is 361 g/mol. The molecule has 0 aromatic carbocycles. The fourth-order valence-corrected chi connectivity index (χ4v) is 3.16. The predicted octanol–water partition coefficient (Wildman–Crippen LogP) is 4.13. The number of rotatable bonds is 4. The zero-order valence-corrected chi connectivity index (χ0v) is 16.8. The number of ketones is 1. The molecule has 0 aliphatic carbocycles. The highest BCUT2D eigenvalue weighted by atomic mass is 16.6. The zero-order chi connectivity index (χ0) is 19.5. The van der Waals surface area contributed by atoms with Gasteiger partial charge in [0.1, 0.15) is 11.4 Å². The van der Waals surface area contributed by atoms with Crippen LogP contribution < -0.4 is 0 Å². The van der Waals surface area contributed by atoms with Gasteiger partial charge < -0.3 is 9.64 Å². The van der Waals surface area contributed by atoms with E-state index in [1.807, 2.05) is 41.5 Å². The molecule has 1 saturated heterocycles. The van der Waals surface area contributed by atoms with Gasteiger partial charge in [-0.15, -0.1) is 0 Å². The van der Waals surface area contributed by atoms with Crippen LogP contribution in [-0.2, 0) is 4.74 Å². The van der Waals surface area contributed by atoms with Gasteiger partial charge in [0, 0.05) is 31.6 Å². The highest BCUT2D eigenvalue weighted by Gasteiger charge is 2.30. The van der Waals surface area contributed by atoms with Crippen LogP contribution in [0.5, 0.6) is 0 Å². The van der Waals surface area contributed by atoms with Crippen LogP contribution in [0.2, 0.25) is 0 Å². The molecule has 0 saturated carbocycles. The highest BCUT2D eigenvalue weighted by molar-refractivity contribution is 5.97. The number of Topliss-reactive ketones (excluding diaryl/α,β-unsaturated/α-hetero) is 1. The molecule has 26 heavy (non-hydrogen) atoms. The number of aryl methyl sites for hydroxylation is 1. The summed E-state index contributed by atoms with van der Waals surface area (Å²) in [7, 11) is 0. The number of carbonyl (C=O) groups excluding carboxylic acids is 2. The maximum absolute atomic E-state index is 12.6. The topological polar surface area (TPSA) is 72.4 Å². The Morgan fingerprint density at radius 3 is 2.42 bits per heavy atom. The summed E-state index contributed by atoms with van der Waals surface area (Å²) in [6, 6.07) is 0. The van der Waals surface area contributed by atoms with E-state index in [0.717, 1.165) is 18.5 Å². The van der Waals surface area contributed by atoms with E-state index in [2.05, 4.69) is 9.97 Å². The van der Waals surface area contributed by atoms with Crippen LogP contribution in [-0.4, -0.2) is 45.4 Å². The highest BCUT2D eigenvalue weighted by Crippen LogP contribution is 2.30. The summed E-state index contributed by atoms with van der Waals surface area (Å²) in [4.78, 5) is 35.4. The van der Waals surface area contributed by atoms with Crippen molar-refractivity contribution < 1.29 is 14.3 Å². The van der Waals surface area contributed by atoms with Gasteiger partial charge in [-0.1, -0.05) is 13.8 Å². The summed E-state index contributed by atoms with van der Waals surface area (Å²) in [6.07, 6.45) is 3.44. The number of likely N-dealkylation sites (tertiary alicyclic amines) is 1. The second kappa shape index (κ2) is 8.14. The fourth-order valence-electron chi connectivity index (χ4n) is 3.16. The molecule has 1 aromatic heterocycles. The summed E-state index contributed by atoms with van der Waals surface area (Å²) >= 11 is 0. The Hall–Kier alpha value is -1.98. The molecule has 6 nitrogen and oxygen atoms in total. The van der Waals surface area contributed by atoms with Crippen LogP contribution in [0.4, 0.5) is 4.79 Å². The molecule has 1 fully saturated rings. The minimum atomic E-state index is -0.492. The van der Waals surface area contributed by atoms with Crippen LogP contribution in [0.25, 0.3) is 0 Å². The maximum atomic E-state index is 12.6. The molecule has 0 unspecified atom stereocenters. The van der Waals surface area contributed by atoms with E-state index >= 15 is 0 Å². The molecule has 0 bridgehead atoms. The van der Waals surface area contributed by atoms with Gasteiger partial charge in [0.2, 0.25) is 0 Å². The molecule has 1 amide bonds. The van der Waals surface area contributed by atoms with E-state index in [1.165, 1.54) is 0 Å². The number of aromatic nitrogens is 2. The van der Waals surface area contributed by atoms with Gasteiger partial charge >= 0.3 is 6.09 Å². The molecule has 1 aliphatic heterocycles. The quantitative estimate of drug-likeness (QED) is 0.754. The van der Waals surface area contributed by atoms with Crippen molar-refractivity contribution >= 4 is 11.9 Å². The third-order valence-corrected chi connectivity index (χ3v) is 4.37. The minimum absolute atomic E-state index is 0.101. The van der Waals surface area contributed by atoms with E-state index in [1.54, 1.807) is 11.1 Å². The van der Waals surface area contributed by atoms with Crippen LogP contribution in [0.1, 0.15) is 81.7 Å². The molecule has 2 rings (SSSR count). The largest absolute Gasteiger partial charge is 0.444 e. The first kappa shape index (κ1) is 20.3. The van der Waals surface area contributed by atoms with E-state index < -0.39 is 5.60 Å². The number of nitrogens with zero attached hydrogens (tertiary/aromatic N) is 3.